The van der Waals surface area contributed by atoms with E-state index in [1.165, 1.54) is 0 Å². The predicted octanol–water partition coefficient (Wildman–Crippen LogP) is 1.14. The Labute approximate surface area is 111 Å². The Morgan fingerprint density at radius 3 is 2.89 bits per heavy atom. The summed E-state index contributed by atoms with van der Waals surface area (Å²) in [5.41, 5.74) is 7.21. The minimum atomic E-state index is 0.272. The van der Waals surface area contributed by atoms with Gasteiger partial charge in [-0.1, -0.05) is 18.3 Å². The van der Waals surface area contributed by atoms with E-state index in [0.717, 1.165) is 5.56 Å². The summed E-state index contributed by atoms with van der Waals surface area (Å²) < 4.78 is 0. The third-order valence-electron chi connectivity index (χ3n) is 2.38. The fourth-order valence-corrected chi connectivity index (χ4v) is 1.62. The number of hydrogen-bond donors (Lipinski definition) is 1. The first-order chi connectivity index (χ1) is 8.66. The topological polar surface area (TPSA) is 67.9 Å². The highest BCUT2D eigenvalue weighted by Crippen LogP contribution is 2.09. The Morgan fingerprint density at radius 2 is 2.22 bits per heavy atom. The van der Waals surface area contributed by atoms with Gasteiger partial charge in [-0.25, -0.2) is 9.97 Å². The average Bonchev–Trinajstić information content (AvgIpc) is 2.40. The summed E-state index contributed by atoms with van der Waals surface area (Å²) in [6, 6.07) is 5.60. The number of aromatic nitrogens is 3. The largest absolute Gasteiger partial charge is 0.388 e. The Balaban J connectivity index is 2.16. The number of hydrogen-bond acceptors (Lipinski definition) is 5. The van der Waals surface area contributed by atoms with Crippen LogP contribution in [0, 0.1) is 0 Å². The molecule has 0 aliphatic heterocycles. The fourth-order valence-electron chi connectivity index (χ4n) is 1.51. The lowest BCUT2D eigenvalue weighted by Crippen LogP contribution is -2.21. The summed E-state index contributed by atoms with van der Waals surface area (Å²) in [5, 5.41) is 0. The molecule has 6 heteroatoms. The monoisotopic (exact) mass is 259 g/mol. The second kappa shape index (κ2) is 5.50. The van der Waals surface area contributed by atoms with Gasteiger partial charge in [0.25, 0.3) is 0 Å². The zero-order chi connectivity index (χ0) is 13.0. The SMILES string of the molecule is CN(Cc1cccnc1)c1nccc(C(N)=S)n1. The lowest BCUT2D eigenvalue weighted by atomic mass is 10.3. The van der Waals surface area contributed by atoms with Gasteiger partial charge in [0.05, 0.1) is 0 Å². The molecule has 0 saturated heterocycles. The Kier molecular flexibility index (Phi) is 3.78. The second-order valence-corrected chi connectivity index (χ2v) is 4.26. The Bertz CT molecular complexity index is 543. The number of anilines is 1. The van der Waals surface area contributed by atoms with Gasteiger partial charge in [-0.2, -0.15) is 0 Å². The Hall–Kier alpha value is -2.08. The zero-order valence-corrected chi connectivity index (χ0v) is 10.8. The zero-order valence-electron chi connectivity index (χ0n) is 9.95. The van der Waals surface area contributed by atoms with E-state index in [0.29, 0.717) is 18.2 Å². The first kappa shape index (κ1) is 12.4. The van der Waals surface area contributed by atoms with Crippen LogP contribution in [0.25, 0.3) is 0 Å². The van der Waals surface area contributed by atoms with Gasteiger partial charge in [0.1, 0.15) is 10.7 Å². The van der Waals surface area contributed by atoms with Crippen LogP contribution >= 0.6 is 12.2 Å². The van der Waals surface area contributed by atoms with Gasteiger partial charge in [-0.05, 0) is 17.7 Å². The second-order valence-electron chi connectivity index (χ2n) is 3.82. The van der Waals surface area contributed by atoms with Crippen LogP contribution in [0.3, 0.4) is 0 Å². The van der Waals surface area contributed by atoms with E-state index in [-0.39, 0.29) is 4.99 Å². The van der Waals surface area contributed by atoms with E-state index in [1.54, 1.807) is 18.5 Å². The minimum absolute atomic E-state index is 0.272. The molecule has 0 fully saturated rings. The molecule has 18 heavy (non-hydrogen) atoms. The van der Waals surface area contributed by atoms with Gasteiger partial charge < -0.3 is 10.6 Å². The van der Waals surface area contributed by atoms with E-state index in [9.17, 15) is 0 Å². The van der Waals surface area contributed by atoms with Crippen molar-refractivity contribution in [1.82, 2.24) is 15.0 Å². The van der Waals surface area contributed by atoms with Gasteiger partial charge in [0.2, 0.25) is 5.95 Å². The van der Waals surface area contributed by atoms with Gasteiger partial charge in [0.15, 0.2) is 0 Å². The molecule has 0 radical (unpaired) electrons. The molecule has 0 saturated carbocycles. The van der Waals surface area contributed by atoms with Gasteiger partial charge in [-0.15, -0.1) is 0 Å². The third-order valence-corrected chi connectivity index (χ3v) is 2.59. The number of nitrogens with zero attached hydrogens (tertiary/aromatic N) is 4. The summed E-state index contributed by atoms with van der Waals surface area (Å²) in [6.45, 7) is 0.675. The number of pyridine rings is 1. The van der Waals surface area contributed by atoms with Gasteiger partial charge in [0, 0.05) is 32.2 Å². The van der Waals surface area contributed by atoms with Crippen molar-refractivity contribution in [2.24, 2.45) is 5.73 Å². The molecule has 0 aliphatic carbocycles. The molecule has 0 unspecified atom stereocenters. The predicted molar refractivity (Wildman–Crippen MR) is 74.3 cm³/mol. The van der Waals surface area contributed by atoms with Crippen molar-refractivity contribution in [2.75, 3.05) is 11.9 Å². The van der Waals surface area contributed by atoms with Crippen LogP contribution in [0.4, 0.5) is 5.95 Å². The summed E-state index contributed by atoms with van der Waals surface area (Å²) in [7, 11) is 1.91. The van der Waals surface area contributed by atoms with Crippen molar-refractivity contribution in [3.63, 3.8) is 0 Å². The molecule has 0 aliphatic rings. The van der Waals surface area contributed by atoms with Crippen LogP contribution in [0.15, 0.2) is 36.8 Å². The van der Waals surface area contributed by atoms with Crippen molar-refractivity contribution in [3.05, 3.63) is 48.0 Å². The molecular weight excluding hydrogens is 246 g/mol. The maximum Gasteiger partial charge on any atom is 0.225 e. The van der Waals surface area contributed by atoms with Crippen molar-refractivity contribution < 1.29 is 0 Å². The molecule has 2 N–H and O–H groups in total. The highest BCUT2D eigenvalue weighted by Gasteiger charge is 2.07. The van der Waals surface area contributed by atoms with Crippen LogP contribution in [0.5, 0.6) is 0 Å². The maximum atomic E-state index is 5.55. The first-order valence-corrected chi connectivity index (χ1v) is 5.80. The normalized spacial score (nSPS) is 10.1. The number of nitrogens with two attached hydrogens (primary N) is 1. The first-order valence-electron chi connectivity index (χ1n) is 5.39. The molecule has 5 nitrogen and oxygen atoms in total. The lowest BCUT2D eigenvalue weighted by molar-refractivity contribution is 0.860. The van der Waals surface area contributed by atoms with Crippen LogP contribution < -0.4 is 10.6 Å². The molecule has 0 aromatic carbocycles. The van der Waals surface area contributed by atoms with Crippen molar-refractivity contribution >= 4 is 23.2 Å². The molecule has 0 atom stereocenters. The molecule has 0 spiro atoms. The summed E-state index contributed by atoms with van der Waals surface area (Å²) >= 11 is 4.90. The molecule has 2 rings (SSSR count). The van der Waals surface area contributed by atoms with E-state index < -0.39 is 0 Å². The standard InChI is InChI=1S/C12H13N5S/c1-17(8-9-3-2-5-14-7-9)12-15-6-4-10(16-12)11(13)18/h2-7H,8H2,1H3,(H2,13,18). The Morgan fingerprint density at radius 1 is 1.39 bits per heavy atom. The maximum absolute atomic E-state index is 5.55. The summed E-state index contributed by atoms with van der Waals surface area (Å²) in [5.74, 6) is 0.587. The van der Waals surface area contributed by atoms with Crippen LogP contribution in [-0.2, 0) is 6.54 Å². The fraction of sp³-hybridized carbons (Fsp3) is 0.167. The number of rotatable bonds is 4. The van der Waals surface area contributed by atoms with E-state index >= 15 is 0 Å². The van der Waals surface area contributed by atoms with E-state index in [4.69, 9.17) is 18.0 Å². The smallest absolute Gasteiger partial charge is 0.225 e. The van der Waals surface area contributed by atoms with Gasteiger partial charge >= 0.3 is 0 Å². The molecule has 2 aromatic heterocycles. The molecule has 2 heterocycles. The van der Waals surface area contributed by atoms with Crippen LogP contribution in [0.1, 0.15) is 11.3 Å². The van der Waals surface area contributed by atoms with Crippen molar-refractivity contribution in [3.8, 4) is 0 Å². The van der Waals surface area contributed by atoms with Crippen LogP contribution in [-0.4, -0.2) is 27.0 Å². The van der Waals surface area contributed by atoms with Gasteiger partial charge in [-0.3, -0.25) is 4.98 Å². The molecule has 0 amide bonds. The van der Waals surface area contributed by atoms with Crippen LogP contribution in [0.2, 0.25) is 0 Å². The number of thiocarbonyl (C=S) groups is 1. The van der Waals surface area contributed by atoms with E-state index in [1.807, 2.05) is 30.3 Å². The highest BCUT2D eigenvalue weighted by molar-refractivity contribution is 7.80. The molecule has 0 bridgehead atoms. The lowest BCUT2D eigenvalue weighted by Gasteiger charge is -2.17. The van der Waals surface area contributed by atoms with E-state index in [2.05, 4.69) is 15.0 Å². The quantitative estimate of drug-likeness (QED) is 0.831. The van der Waals surface area contributed by atoms with Crippen molar-refractivity contribution in [1.29, 1.82) is 0 Å². The molecule has 2 aromatic rings. The summed E-state index contributed by atoms with van der Waals surface area (Å²) in [6.07, 6.45) is 5.21. The molecular formula is C12H13N5S. The molecule has 92 valence electrons. The third kappa shape index (κ3) is 2.98. The van der Waals surface area contributed by atoms with Crippen molar-refractivity contribution in [2.45, 2.75) is 6.54 Å². The summed E-state index contributed by atoms with van der Waals surface area (Å²) in [4.78, 5) is 14.7. The minimum Gasteiger partial charge on any atom is -0.388 e. The highest BCUT2D eigenvalue weighted by atomic mass is 32.1. The average molecular weight is 259 g/mol.